The molecule has 2 aromatic rings. The maximum absolute atomic E-state index is 5.57. The van der Waals surface area contributed by atoms with Crippen molar-refractivity contribution >= 4 is 21.4 Å². The number of nitrogens with two attached hydrogens (primary N) is 1. The van der Waals surface area contributed by atoms with Crippen molar-refractivity contribution in [3.8, 4) is 0 Å². The van der Waals surface area contributed by atoms with Gasteiger partial charge in [0.2, 0.25) is 0 Å². The second-order valence-corrected chi connectivity index (χ2v) is 5.02. The Labute approximate surface area is 100 Å². The van der Waals surface area contributed by atoms with Crippen LogP contribution in [-0.4, -0.2) is 6.04 Å². The highest BCUT2D eigenvalue weighted by Crippen LogP contribution is 2.26. The molecule has 3 heteroatoms. The second kappa shape index (κ2) is 5.43. The molecule has 1 unspecified atom stereocenters. The summed E-state index contributed by atoms with van der Waals surface area (Å²) in [5, 5.41) is 3.63. The van der Waals surface area contributed by atoms with Crippen LogP contribution in [0.15, 0.2) is 29.6 Å². The number of fused-ring (bicyclic) bond motifs is 1. The summed E-state index contributed by atoms with van der Waals surface area (Å²) < 4.78 is 1.37. The molecular formula is C13H18N2S. The topological polar surface area (TPSA) is 38.0 Å². The molecule has 1 aromatic carbocycles. The molecule has 0 saturated heterocycles. The van der Waals surface area contributed by atoms with E-state index in [-0.39, 0.29) is 0 Å². The van der Waals surface area contributed by atoms with Gasteiger partial charge in [-0.25, -0.2) is 0 Å². The molecule has 3 N–H and O–H groups in total. The zero-order valence-corrected chi connectivity index (χ0v) is 10.4. The van der Waals surface area contributed by atoms with Crippen LogP contribution in [0, 0.1) is 0 Å². The van der Waals surface area contributed by atoms with Crippen molar-refractivity contribution in [1.29, 1.82) is 0 Å². The molecule has 1 aromatic heterocycles. The monoisotopic (exact) mass is 234 g/mol. The minimum atomic E-state index is 0.392. The Morgan fingerprint density at radius 2 is 2.19 bits per heavy atom. The lowest BCUT2D eigenvalue weighted by atomic mass is 10.0. The van der Waals surface area contributed by atoms with Gasteiger partial charge in [0.1, 0.15) is 0 Å². The Kier molecular flexibility index (Phi) is 3.93. The van der Waals surface area contributed by atoms with E-state index in [9.17, 15) is 0 Å². The van der Waals surface area contributed by atoms with Crippen LogP contribution in [0.25, 0.3) is 10.1 Å². The van der Waals surface area contributed by atoms with Gasteiger partial charge in [-0.15, -0.1) is 11.3 Å². The van der Waals surface area contributed by atoms with Gasteiger partial charge in [0.25, 0.3) is 0 Å². The van der Waals surface area contributed by atoms with Gasteiger partial charge in [0.15, 0.2) is 0 Å². The number of thiophene rings is 1. The van der Waals surface area contributed by atoms with E-state index in [1.165, 1.54) is 15.6 Å². The first kappa shape index (κ1) is 11.6. The summed E-state index contributed by atoms with van der Waals surface area (Å²) >= 11 is 1.82. The first-order chi connectivity index (χ1) is 7.85. The first-order valence-corrected chi connectivity index (χ1v) is 6.64. The summed E-state index contributed by atoms with van der Waals surface area (Å²) in [5.41, 5.74) is 4.32. The van der Waals surface area contributed by atoms with Crippen molar-refractivity contribution in [2.75, 3.05) is 0 Å². The van der Waals surface area contributed by atoms with E-state index in [2.05, 4.69) is 42.0 Å². The third-order valence-corrected chi connectivity index (χ3v) is 3.91. The van der Waals surface area contributed by atoms with Gasteiger partial charge in [-0.05, 0) is 35.2 Å². The summed E-state index contributed by atoms with van der Waals surface area (Å²) in [6.45, 7) is 2.19. The van der Waals surface area contributed by atoms with Crippen molar-refractivity contribution in [3.05, 3.63) is 35.2 Å². The van der Waals surface area contributed by atoms with E-state index in [1.807, 2.05) is 11.3 Å². The Bertz CT molecular complexity index is 450. The van der Waals surface area contributed by atoms with E-state index in [0.29, 0.717) is 6.04 Å². The summed E-state index contributed by atoms with van der Waals surface area (Å²) in [6.07, 6.45) is 3.31. The third kappa shape index (κ3) is 2.43. The van der Waals surface area contributed by atoms with Gasteiger partial charge in [-0.3, -0.25) is 11.3 Å². The Morgan fingerprint density at radius 1 is 1.38 bits per heavy atom. The van der Waals surface area contributed by atoms with Gasteiger partial charge in [-0.1, -0.05) is 31.5 Å². The molecule has 16 heavy (non-hydrogen) atoms. The van der Waals surface area contributed by atoms with Crippen LogP contribution in [0.1, 0.15) is 25.3 Å². The fourth-order valence-electron chi connectivity index (χ4n) is 2.05. The SMILES string of the molecule is CCCC(Cc1csc2ccccc12)NN. The van der Waals surface area contributed by atoms with E-state index < -0.39 is 0 Å². The second-order valence-electron chi connectivity index (χ2n) is 4.11. The van der Waals surface area contributed by atoms with Crippen molar-refractivity contribution in [1.82, 2.24) is 5.43 Å². The molecule has 0 aliphatic carbocycles. The fraction of sp³-hybridized carbons (Fsp3) is 0.385. The quantitative estimate of drug-likeness (QED) is 0.616. The van der Waals surface area contributed by atoms with Crippen molar-refractivity contribution < 1.29 is 0 Å². The Hall–Kier alpha value is -0.900. The number of nitrogens with one attached hydrogen (secondary N) is 1. The molecule has 2 nitrogen and oxygen atoms in total. The van der Waals surface area contributed by atoms with Crippen LogP contribution in [-0.2, 0) is 6.42 Å². The average molecular weight is 234 g/mol. The molecule has 0 radical (unpaired) electrons. The molecule has 1 heterocycles. The molecule has 0 saturated carbocycles. The zero-order chi connectivity index (χ0) is 11.4. The minimum Gasteiger partial charge on any atom is -0.271 e. The maximum Gasteiger partial charge on any atom is 0.0345 e. The molecular weight excluding hydrogens is 216 g/mol. The lowest BCUT2D eigenvalue weighted by Crippen LogP contribution is -2.36. The normalized spacial score (nSPS) is 13.1. The highest BCUT2D eigenvalue weighted by Gasteiger charge is 2.10. The summed E-state index contributed by atoms with van der Waals surface area (Å²) in [7, 11) is 0. The van der Waals surface area contributed by atoms with E-state index in [4.69, 9.17) is 5.84 Å². The molecule has 0 aliphatic rings. The highest BCUT2D eigenvalue weighted by molar-refractivity contribution is 7.17. The summed E-state index contributed by atoms with van der Waals surface area (Å²) in [5.74, 6) is 5.57. The maximum atomic E-state index is 5.57. The van der Waals surface area contributed by atoms with Gasteiger partial charge in [-0.2, -0.15) is 0 Å². The van der Waals surface area contributed by atoms with Gasteiger partial charge >= 0.3 is 0 Å². The van der Waals surface area contributed by atoms with Crippen LogP contribution < -0.4 is 11.3 Å². The molecule has 86 valence electrons. The average Bonchev–Trinajstić information content (AvgIpc) is 2.72. The molecule has 0 bridgehead atoms. The lowest BCUT2D eigenvalue weighted by Gasteiger charge is -2.14. The fourth-order valence-corrected chi connectivity index (χ4v) is 3.02. The van der Waals surface area contributed by atoms with Gasteiger partial charge in [0.05, 0.1) is 0 Å². The number of hydrazine groups is 1. The van der Waals surface area contributed by atoms with Crippen LogP contribution in [0.2, 0.25) is 0 Å². The number of benzene rings is 1. The van der Waals surface area contributed by atoms with Gasteiger partial charge < -0.3 is 0 Å². The predicted octanol–water partition coefficient (Wildman–Crippen LogP) is 3.08. The molecule has 2 rings (SSSR count). The number of hydrogen-bond donors (Lipinski definition) is 2. The molecule has 1 atom stereocenters. The van der Waals surface area contributed by atoms with Crippen LogP contribution in [0.5, 0.6) is 0 Å². The van der Waals surface area contributed by atoms with E-state index in [0.717, 1.165) is 19.3 Å². The van der Waals surface area contributed by atoms with E-state index in [1.54, 1.807) is 0 Å². The highest BCUT2D eigenvalue weighted by atomic mass is 32.1. The lowest BCUT2D eigenvalue weighted by molar-refractivity contribution is 0.487. The molecule has 0 amide bonds. The van der Waals surface area contributed by atoms with Crippen LogP contribution >= 0.6 is 11.3 Å². The van der Waals surface area contributed by atoms with Crippen molar-refractivity contribution in [2.45, 2.75) is 32.2 Å². The Morgan fingerprint density at radius 3 is 2.94 bits per heavy atom. The van der Waals surface area contributed by atoms with Crippen molar-refractivity contribution in [3.63, 3.8) is 0 Å². The largest absolute Gasteiger partial charge is 0.271 e. The minimum absolute atomic E-state index is 0.392. The van der Waals surface area contributed by atoms with Gasteiger partial charge in [0, 0.05) is 10.7 Å². The molecule has 0 fully saturated rings. The summed E-state index contributed by atoms with van der Waals surface area (Å²) in [4.78, 5) is 0. The Balaban J connectivity index is 2.20. The number of rotatable bonds is 5. The molecule has 0 aliphatic heterocycles. The third-order valence-electron chi connectivity index (χ3n) is 2.90. The standard InChI is InChI=1S/C13H18N2S/c1-2-5-11(15-14)8-10-9-16-13-7-4-3-6-12(10)13/h3-4,6-7,9,11,15H,2,5,8,14H2,1H3. The number of hydrogen-bond acceptors (Lipinski definition) is 3. The summed E-state index contributed by atoms with van der Waals surface area (Å²) in [6, 6.07) is 8.95. The van der Waals surface area contributed by atoms with Crippen molar-refractivity contribution in [2.24, 2.45) is 5.84 Å². The first-order valence-electron chi connectivity index (χ1n) is 5.76. The smallest absolute Gasteiger partial charge is 0.0345 e. The van der Waals surface area contributed by atoms with E-state index >= 15 is 0 Å². The predicted molar refractivity (Wildman–Crippen MR) is 71.5 cm³/mol. The molecule has 0 spiro atoms. The van der Waals surface area contributed by atoms with Crippen LogP contribution in [0.4, 0.5) is 0 Å². The van der Waals surface area contributed by atoms with Crippen LogP contribution in [0.3, 0.4) is 0 Å². The zero-order valence-electron chi connectivity index (χ0n) is 9.57.